The number of amides is 1. The van der Waals surface area contributed by atoms with Gasteiger partial charge in [-0.1, -0.05) is 54.8 Å². The van der Waals surface area contributed by atoms with E-state index in [0.717, 1.165) is 32.1 Å². The summed E-state index contributed by atoms with van der Waals surface area (Å²) in [5, 5.41) is 14.9. The highest BCUT2D eigenvalue weighted by Gasteiger charge is 2.22. The van der Waals surface area contributed by atoms with Crippen LogP contribution in [0.5, 0.6) is 0 Å². The van der Waals surface area contributed by atoms with Gasteiger partial charge in [0.1, 0.15) is 0 Å². The number of rotatable bonds is 6. The van der Waals surface area contributed by atoms with Crippen molar-refractivity contribution in [3.8, 4) is 0 Å². The van der Waals surface area contributed by atoms with Gasteiger partial charge in [0.25, 0.3) is 11.2 Å². The monoisotopic (exact) mass is 472 g/mol. The second-order valence-electron chi connectivity index (χ2n) is 7.64. The number of thioether (sulfide) groups is 1. The summed E-state index contributed by atoms with van der Waals surface area (Å²) < 4.78 is 1.74. The number of nitro groups is 1. The van der Waals surface area contributed by atoms with Gasteiger partial charge in [-0.15, -0.1) is 0 Å². The number of halogens is 1. The zero-order valence-electron chi connectivity index (χ0n) is 17.1. The first-order chi connectivity index (χ1) is 15.4. The van der Waals surface area contributed by atoms with Crippen LogP contribution in [0.1, 0.15) is 38.1 Å². The van der Waals surface area contributed by atoms with Crippen molar-refractivity contribution >= 4 is 51.5 Å². The van der Waals surface area contributed by atoms with Gasteiger partial charge in [0.15, 0.2) is 5.16 Å². The second kappa shape index (κ2) is 9.70. The highest BCUT2D eigenvalue weighted by Crippen LogP contribution is 2.31. The summed E-state index contributed by atoms with van der Waals surface area (Å²) in [6.07, 6.45) is 5.08. The molecule has 1 saturated carbocycles. The van der Waals surface area contributed by atoms with E-state index in [1.807, 2.05) is 12.1 Å². The molecule has 1 heterocycles. The van der Waals surface area contributed by atoms with Gasteiger partial charge in [-0.2, -0.15) is 0 Å². The number of aromatic nitrogens is 2. The Kier molecular flexibility index (Phi) is 6.76. The molecule has 8 nitrogen and oxygen atoms in total. The number of hydrogen-bond donors (Lipinski definition) is 1. The summed E-state index contributed by atoms with van der Waals surface area (Å²) >= 11 is 7.25. The maximum absolute atomic E-state index is 13.3. The molecule has 1 aromatic heterocycles. The minimum Gasteiger partial charge on any atom is -0.324 e. The number of fused-ring (bicyclic) bond motifs is 1. The summed E-state index contributed by atoms with van der Waals surface area (Å²) in [6, 6.07) is 11.1. The maximum Gasteiger partial charge on any atom is 0.271 e. The Balaban J connectivity index is 1.58. The van der Waals surface area contributed by atoms with E-state index in [4.69, 9.17) is 11.6 Å². The van der Waals surface area contributed by atoms with Crippen molar-refractivity contribution in [3.05, 3.63) is 68.0 Å². The minimum absolute atomic E-state index is 0.0173. The smallest absolute Gasteiger partial charge is 0.271 e. The van der Waals surface area contributed by atoms with Crippen LogP contribution in [0.25, 0.3) is 10.9 Å². The predicted octanol–water partition coefficient (Wildman–Crippen LogP) is 5.19. The quantitative estimate of drug-likeness (QED) is 0.229. The SMILES string of the molecule is O=C(CSc1nc2ccccc2c(=O)n1C1CCCCC1)Nc1cc([N+](=O)[O-])ccc1Cl. The normalized spacial score (nSPS) is 14.4. The van der Waals surface area contributed by atoms with Crippen molar-refractivity contribution < 1.29 is 9.72 Å². The summed E-state index contributed by atoms with van der Waals surface area (Å²) in [4.78, 5) is 41.0. The number of hydrogen-bond acceptors (Lipinski definition) is 6. The summed E-state index contributed by atoms with van der Waals surface area (Å²) in [7, 11) is 0. The van der Waals surface area contributed by atoms with Crippen molar-refractivity contribution in [2.75, 3.05) is 11.1 Å². The molecule has 0 bridgehead atoms. The number of para-hydroxylation sites is 1. The Bertz CT molecular complexity index is 1240. The summed E-state index contributed by atoms with van der Waals surface area (Å²) in [5.41, 5.74) is 0.503. The molecule has 32 heavy (non-hydrogen) atoms. The molecule has 1 amide bonds. The number of non-ortho nitro benzene ring substituents is 1. The van der Waals surface area contributed by atoms with Crippen molar-refractivity contribution in [3.63, 3.8) is 0 Å². The predicted molar refractivity (Wildman–Crippen MR) is 126 cm³/mol. The van der Waals surface area contributed by atoms with Crippen molar-refractivity contribution in [2.24, 2.45) is 0 Å². The average molecular weight is 473 g/mol. The Labute approximate surface area is 193 Å². The van der Waals surface area contributed by atoms with Crippen LogP contribution in [0.4, 0.5) is 11.4 Å². The Hall–Kier alpha value is -2.91. The van der Waals surface area contributed by atoms with E-state index in [1.54, 1.807) is 16.7 Å². The number of nitro benzene ring substituents is 1. The molecule has 3 aromatic rings. The number of carbonyl (C=O) groups excluding carboxylic acids is 1. The minimum atomic E-state index is -0.553. The largest absolute Gasteiger partial charge is 0.324 e. The van der Waals surface area contributed by atoms with Gasteiger partial charge in [-0.05, 0) is 31.0 Å². The lowest BCUT2D eigenvalue weighted by Gasteiger charge is -2.26. The number of anilines is 1. The van der Waals surface area contributed by atoms with Crippen molar-refractivity contribution in [1.82, 2.24) is 9.55 Å². The van der Waals surface area contributed by atoms with Crippen LogP contribution >= 0.6 is 23.4 Å². The average Bonchev–Trinajstić information content (AvgIpc) is 2.79. The lowest BCUT2D eigenvalue weighted by Crippen LogP contribution is -2.29. The number of benzene rings is 2. The molecule has 0 spiro atoms. The third-order valence-corrected chi connectivity index (χ3v) is 6.76. The van der Waals surface area contributed by atoms with Gasteiger partial charge in [-0.3, -0.25) is 24.3 Å². The lowest BCUT2D eigenvalue weighted by atomic mass is 9.95. The van der Waals surface area contributed by atoms with Gasteiger partial charge in [0, 0.05) is 18.2 Å². The molecule has 0 aliphatic heterocycles. The fourth-order valence-corrected chi connectivity index (χ4v) is 4.96. The van der Waals surface area contributed by atoms with E-state index >= 15 is 0 Å². The molecule has 0 atom stereocenters. The van der Waals surface area contributed by atoms with Gasteiger partial charge in [0.2, 0.25) is 5.91 Å². The van der Waals surface area contributed by atoms with E-state index < -0.39 is 10.8 Å². The Morgan fingerprint density at radius 3 is 2.72 bits per heavy atom. The standard InChI is InChI=1S/C22H21ClN4O4S/c23-17-11-10-15(27(30)31)12-19(17)24-20(28)13-32-22-25-18-9-5-4-8-16(18)21(29)26(22)14-6-2-1-3-7-14/h4-5,8-12,14H,1-3,6-7,13H2,(H,24,28). The van der Waals surface area contributed by atoms with E-state index in [0.29, 0.717) is 16.1 Å². The zero-order valence-corrected chi connectivity index (χ0v) is 18.7. The molecule has 1 aliphatic rings. The molecule has 1 aliphatic carbocycles. The topological polar surface area (TPSA) is 107 Å². The molecule has 2 aromatic carbocycles. The van der Waals surface area contributed by atoms with Gasteiger partial charge >= 0.3 is 0 Å². The molecule has 0 saturated heterocycles. The van der Waals surface area contributed by atoms with E-state index in [9.17, 15) is 19.7 Å². The van der Waals surface area contributed by atoms with E-state index in [1.165, 1.54) is 30.0 Å². The van der Waals surface area contributed by atoms with Crippen LogP contribution in [0.2, 0.25) is 5.02 Å². The van der Waals surface area contributed by atoms with Crippen LogP contribution in [0, 0.1) is 10.1 Å². The Morgan fingerprint density at radius 2 is 1.97 bits per heavy atom. The van der Waals surface area contributed by atoms with Crippen molar-refractivity contribution in [2.45, 2.75) is 43.3 Å². The van der Waals surface area contributed by atoms with Crippen LogP contribution < -0.4 is 10.9 Å². The van der Waals surface area contributed by atoms with Gasteiger partial charge in [-0.25, -0.2) is 4.98 Å². The van der Waals surface area contributed by atoms with E-state index in [2.05, 4.69) is 10.3 Å². The highest BCUT2D eigenvalue weighted by atomic mass is 35.5. The fraction of sp³-hybridized carbons (Fsp3) is 0.318. The molecule has 166 valence electrons. The molecule has 10 heteroatoms. The van der Waals surface area contributed by atoms with Crippen LogP contribution in [0.3, 0.4) is 0 Å². The number of nitrogens with one attached hydrogen (secondary N) is 1. The Morgan fingerprint density at radius 1 is 1.22 bits per heavy atom. The first-order valence-corrected chi connectivity index (χ1v) is 11.7. The summed E-state index contributed by atoms with van der Waals surface area (Å²) in [6.45, 7) is 0. The molecule has 0 radical (unpaired) electrons. The molecule has 4 rings (SSSR count). The van der Waals surface area contributed by atoms with Crippen molar-refractivity contribution in [1.29, 1.82) is 0 Å². The van der Waals surface area contributed by atoms with Crippen LogP contribution in [0.15, 0.2) is 52.4 Å². The first-order valence-electron chi connectivity index (χ1n) is 10.3. The second-order valence-corrected chi connectivity index (χ2v) is 8.99. The fourth-order valence-electron chi connectivity index (χ4n) is 3.93. The van der Waals surface area contributed by atoms with Gasteiger partial charge < -0.3 is 5.32 Å². The van der Waals surface area contributed by atoms with Crippen LogP contribution in [-0.4, -0.2) is 26.1 Å². The third-order valence-electron chi connectivity index (χ3n) is 5.48. The van der Waals surface area contributed by atoms with Gasteiger partial charge in [0.05, 0.1) is 32.3 Å². The summed E-state index contributed by atoms with van der Waals surface area (Å²) in [5.74, 6) is -0.411. The molecular formula is C22H21ClN4O4S. The lowest BCUT2D eigenvalue weighted by molar-refractivity contribution is -0.384. The number of nitrogens with zero attached hydrogens (tertiary/aromatic N) is 3. The highest BCUT2D eigenvalue weighted by molar-refractivity contribution is 7.99. The van der Waals surface area contributed by atoms with Crippen LogP contribution in [-0.2, 0) is 4.79 Å². The molecule has 1 N–H and O–H groups in total. The first kappa shape index (κ1) is 22.3. The molecule has 0 unspecified atom stereocenters. The third kappa shape index (κ3) is 4.78. The number of carbonyl (C=O) groups is 1. The zero-order chi connectivity index (χ0) is 22.7. The molecular weight excluding hydrogens is 452 g/mol. The molecule has 1 fully saturated rings. The maximum atomic E-state index is 13.3. The van der Waals surface area contributed by atoms with E-state index in [-0.39, 0.29) is 33.8 Å².